The van der Waals surface area contributed by atoms with E-state index in [4.69, 9.17) is 0 Å². The first kappa shape index (κ1) is 13.4. The van der Waals surface area contributed by atoms with Crippen molar-refractivity contribution in [2.45, 2.75) is 32.0 Å². The molecule has 0 bridgehead atoms. The third kappa shape index (κ3) is 2.80. The summed E-state index contributed by atoms with van der Waals surface area (Å²) >= 11 is 1.78. The molecule has 0 radical (unpaired) electrons. The molecule has 2 heterocycles. The highest BCUT2D eigenvalue weighted by atomic mass is 32.1. The highest BCUT2D eigenvalue weighted by molar-refractivity contribution is 7.12. The lowest BCUT2D eigenvalue weighted by Crippen LogP contribution is -2.06. The van der Waals surface area contributed by atoms with Gasteiger partial charge in [0.15, 0.2) is 0 Å². The van der Waals surface area contributed by atoms with Crippen LogP contribution >= 0.6 is 11.3 Å². The van der Waals surface area contributed by atoms with E-state index >= 15 is 0 Å². The summed E-state index contributed by atoms with van der Waals surface area (Å²) in [7, 11) is 0. The van der Waals surface area contributed by atoms with Crippen LogP contribution in [-0.2, 0) is 25.6 Å². The lowest BCUT2D eigenvalue weighted by atomic mass is 10.2. The van der Waals surface area contributed by atoms with E-state index in [0.29, 0.717) is 12.4 Å². The van der Waals surface area contributed by atoms with Gasteiger partial charge in [0, 0.05) is 16.0 Å². The highest BCUT2D eigenvalue weighted by Gasteiger charge is 2.30. The predicted octanol–water partition coefficient (Wildman–Crippen LogP) is 4.26. The first-order chi connectivity index (χ1) is 9.52. The SMILES string of the molecule is FC(F)(F)c1ccc(NCc2cc3c(s2)CCC3)nc1. The molecule has 0 saturated heterocycles. The van der Waals surface area contributed by atoms with E-state index in [9.17, 15) is 13.2 Å². The van der Waals surface area contributed by atoms with Gasteiger partial charge in [0.1, 0.15) is 5.82 Å². The minimum absolute atomic E-state index is 0.464. The van der Waals surface area contributed by atoms with Crippen LogP contribution in [0.4, 0.5) is 19.0 Å². The minimum Gasteiger partial charge on any atom is -0.365 e. The first-order valence-electron chi connectivity index (χ1n) is 6.40. The molecule has 0 amide bonds. The van der Waals surface area contributed by atoms with Crippen molar-refractivity contribution in [2.75, 3.05) is 5.32 Å². The maximum Gasteiger partial charge on any atom is 0.417 e. The summed E-state index contributed by atoms with van der Waals surface area (Å²) in [5.74, 6) is 0.464. The molecule has 3 rings (SSSR count). The average Bonchev–Trinajstić information content (AvgIpc) is 2.96. The Hall–Kier alpha value is -1.56. The summed E-state index contributed by atoms with van der Waals surface area (Å²) in [5, 5.41) is 3.06. The van der Waals surface area contributed by atoms with E-state index in [1.807, 2.05) is 0 Å². The number of pyridine rings is 1. The second kappa shape index (κ2) is 5.09. The molecule has 0 aliphatic heterocycles. The lowest BCUT2D eigenvalue weighted by Gasteiger charge is -2.08. The van der Waals surface area contributed by atoms with Gasteiger partial charge in [-0.2, -0.15) is 13.2 Å². The molecule has 0 atom stereocenters. The number of hydrogen-bond donors (Lipinski definition) is 1. The zero-order chi connectivity index (χ0) is 14.2. The quantitative estimate of drug-likeness (QED) is 0.915. The number of nitrogens with one attached hydrogen (secondary N) is 1. The second-order valence-corrected chi connectivity index (χ2v) is 6.02. The molecule has 1 aliphatic rings. The largest absolute Gasteiger partial charge is 0.417 e. The summed E-state index contributed by atoms with van der Waals surface area (Å²) in [6.07, 6.45) is 0.0506. The predicted molar refractivity (Wildman–Crippen MR) is 72.9 cm³/mol. The molecule has 106 valence electrons. The third-order valence-electron chi connectivity index (χ3n) is 3.33. The summed E-state index contributed by atoms with van der Waals surface area (Å²) < 4.78 is 37.2. The number of hydrogen-bond acceptors (Lipinski definition) is 3. The Kier molecular flexibility index (Phi) is 3.41. The second-order valence-electron chi connectivity index (χ2n) is 4.80. The number of halogens is 3. The molecule has 6 heteroatoms. The Morgan fingerprint density at radius 3 is 2.75 bits per heavy atom. The molecule has 2 nitrogen and oxygen atoms in total. The van der Waals surface area contributed by atoms with Gasteiger partial charge in [-0.15, -0.1) is 11.3 Å². The zero-order valence-corrected chi connectivity index (χ0v) is 11.4. The molecule has 2 aromatic heterocycles. The maximum absolute atomic E-state index is 12.4. The minimum atomic E-state index is -4.33. The molecule has 0 saturated carbocycles. The monoisotopic (exact) mass is 298 g/mol. The molecule has 0 aromatic carbocycles. The van der Waals surface area contributed by atoms with Crippen LogP contribution in [0.2, 0.25) is 0 Å². The standard InChI is InChI=1S/C14H13F3N2S/c15-14(16,17)10-4-5-13(18-7-10)19-8-11-6-9-2-1-3-12(9)20-11/h4-7H,1-3,8H2,(H,18,19). The van der Waals surface area contributed by atoms with Crippen LogP contribution in [0.5, 0.6) is 0 Å². The zero-order valence-electron chi connectivity index (χ0n) is 10.6. The lowest BCUT2D eigenvalue weighted by molar-refractivity contribution is -0.137. The summed E-state index contributed by atoms with van der Waals surface area (Å²) in [5.41, 5.74) is 0.699. The fourth-order valence-corrected chi connectivity index (χ4v) is 3.52. The fourth-order valence-electron chi connectivity index (χ4n) is 2.32. The van der Waals surface area contributed by atoms with Crippen molar-refractivity contribution in [1.82, 2.24) is 4.98 Å². The molecule has 0 fully saturated rings. The number of anilines is 1. The molecule has 20 heavy (non-hydrogen) atoms. The van der Waals surface area contributed by atoms with Crippen molar-refractivity contribution in [3.63, 3.8) is 0 Å². The Balaban J connectivity index is 1.63. The van der Waals surface area contributed by atoms with Crippen LogP contribution < -0.4 is 5.32 Å². The first-order valence-corrected chi connectivity index (χ1v) is 7.21. The van der Waals surface area contributed by atoms with Crippen molar-refractivity contribution in [1.29, 1.82) is 0 Å². The number of thiophene rings is 1. The molecule has 0 unspecified atom stereocenters. The van der Waals surface area contributed by atoms with E-state index in [0.717, 1.165) is 25.1 Å². The topological polar surface area (TPSA) is 24.9 Å². The van der Waals surface area contributed by atoms with Gasteiger partial charge < -0.3 is 5.32 Å². The molecule has 2 aromatic rings. The third-order valence-corrected chi connectivity index (χ3v) is 4.57. The van der Waals surface area contributed by atoms with Crippen molar-refractivity contribution in [2.24, 2.45) is 0 Å². The van der Waals surface area contributed by atoms with Crippen molar-refractivity contribution in [3.05, 3.63) is 45.3 Å². The van der Waals surface area contributed by atoms with Gasteiger partial charge in [-0.1, -0.05) is 0 Å². The van der Waals surface area contributed by atoms with Gasteiger partial charge in [-0.25, -0.2) is 4.98 Å². The molecule has 1 N–H and O–H groups in total. The van der Waals surface area contributed by atoms with Crippen molar-refractivity contribution >= 4 is 17.2 Å². The Morgan fingerprint density at radius 1 is 1.25 bits per heavy atom. The van der Waals surface area contributed by atoms with Crippen molar-refractivity contribution < 1.29 is 13.2 Å². The normalized spacial score (nSPS) is 14.3. The van der Waals surface area contributed by atoms with Gasteiger partial charge in [-0.3, -0.25) is 0 Å². The van der Waals surface area contributed by atoms with Gasteiger partial charge in [0.25, 0.3) is 0 Å². The summed E-state index contributed by atoms with van der Waals surface area (Å²) in [6.45, 7) is 0.607. The van der Waals surface area contributed by atoms with Gasteiger partial charge in [0.2, 0.25) is 0 Å². The number of aromatic nitrogens is 1. The number of alkyl halides is 3. The van der Waals surface area contributed by atoms with E-state index in [1.165, 1.54) is 27.8 Å². The molecule has 0 spiro atoms. The van der Waals surface area contributed by atoms with Crippen LogP contribution in [0.1, 0.15) is 27.3 Å². The highest BCUT2D eigenvalue weighted by Crippen LogP contribution is 2.31. The van der Waals surface area contributed by atoms with E-state index in [-0.39, 0.29) is 0 Å². The van der Waals surface area contributed by atoms with Gasteiger partial charge in [0.05, 0.1) is 12.1 Å². The van der Waals surface area contributed by atoms with Crippen LogP contribution in [0.15, 0.2) is 24.4 Å². The van der Waals surface area contributed by atoms with E-state index in [2.05, 4.69) is 16.4 Å². The number of nitrogens with zero attached hydrogens (tertiary/aromatic N) is 1. The molecular weight excluding hydrogens is 285 g/mol. The maximum atomic E-state index is 12.4. The average molecular weight is 298 g/mol. The smallest absolute Gasteiger partial charge is 0.365 e. The van der Waals surface area contributed by atoms with Crippen molar-refractivity contribution in [3.8, 4) is 0 Å². The van der Waals surface area contributed by atoms with E-state index in [1.54, 1.807) is 11.3 Å². The molecular formula is C14H13F3N2S. The Bertz CT molecular complexity index is 580. The van der Waals surface area contributed by atoms with Crippen LogP contribution in [0, 0.1) is 0 Å². The van der Waals surface area contributed by atoms with E-state index < -0.39 is 11.7 Å². The summed E-state index contributed by atoms with van der Waals surface area (Å²) in [4.78, 5) is 6.45. The molecule has 1 aliphatic carbocycles. The van der Waals surface area contributed by atoms with Crippen LogP contribution in [0.25, 0.3) is 0 Å². The number of aryl methyl sites for hydroxylation is 2. The Labute approximate surface area is 118 Å². The van der Waals surface area contributed by atoms with Crippen LogP contribution in [-0.4, -0.2) is 4.98 Å². The van der Waals surface area contributed by atoms with Crippen LogP contribution in [0.3, 0.4) is 0 Å². The fraction of sp³-hybridized carbons (Fsp3) is 0.357. The van der Waals surface area contributed by atoms with Gasteiger partial charge >= 0.3 is 6.18 Å². The number of rotatable bonds is 3. The summed E-state index contributed by atoms with van der Waals surface area (Å²) in [6, 6.07) is 4.60. The Morgan fingerprint density at radius 2 is 2.10 bits per heavy atom. The van der Waals surface area contributed by atoms with Gasteiger partial charge in [-0.05, 0) is 43.0 Å². The number of fused-ring (bicyclic) bond motifs is 1.